The molecule has 0 saturated carbocycles. The van der Waals surface area contributed by atoms with Crippen LogP contribution in [0.15, 0.2) is 53.7 Å². The van der Waals surface area contributed by atoms with Crippen LogP contribution in [0.25, 0.3) is 0 Å². The molecule has 2 aromatic rings. The third-order valence-electron chi connectivity index (χ3n) is 2.80. The molecule has 0 spiro atoms. The number of nitriles is 1. The first-order valence-corrected chi connectivity index (χ1v) is 6.24. The Bertz CT molecular complexity index is 701. The van der Waals surface area contributed by atoms with Crippen molar-refractivity contribution in [3.05, 3.63) is 70.8 Å². The molecule has 0 amide bonds. The zero-order chi connectivity index (χ0) is 16.0. The van der Waals surface area contributed by atoms with E-state index in [1.165, 1.54) is 18.2 Å². The van der Waals surface area contributed by atoms with Gasteiger partial charge in [0.2, 0.25) is 0 Å². The zero-order valence-electron chi connectivity index (χ0n) is 11.3. The highest BCUT2D eigenvalue weighted by molar-refractivity contribution is 5.79. The lowest BCUT2D eigenvalue weighted by molar-refractivity contribution is -0.138. The van der Waals surface area contributed by atoms with E-state index in [0.29, 0.717) is 11.1 Å². The van der Waals surface area contributed by atoms with E-state index in [4.69, 9.17) is 10.1 Å². The minimum Gasteiger partial charge on any atom is -0.390 e. The van der Waals surface area contributed by atoms with Gasteiger partial charge < -0.3 is 4.84 Å². The third-order valence-corrected chi connectivity index (χ3v) is 2.80. The molecule has 0 aromatic heterocycles. The number of rotatable bonds is 4. The normalized spacial score (nSPS) is 11.4. The van der Waals surface area contributed by atoms with E-state index < -0.39 is 11.7 Å². The number of hydrogen-bond donors (Lipinski definition) is 0. The summed E-state index contributed by atoms with van der Waals surface area (Å²) in [6, 6.07) is 13.5. The van der Waals surface area contributed by atoms with Crippen molar-refractivity contribution in [1.82, 2.24) is 0 Å². The molecule has 0 heterocycles. The van der Waals surface area contributed by atoms with Crippen LogP contribution in [-0.4, -0.2) is 6.21 Å². The Morgan fingerprint density at radius 2 is 1.64 bits per heavy atom. The standard InChI is InChI=1S/C16H10F3N2O/c17-16(18,19)15-4-2-1-3-14(15)11-22-21-10-13-7-5-12(9-20)6-8-13/h1-8H,11H2. The second-order valence-electron chi connectivity index (χ2n) is 4.32. The van der Waals surface area contributed by atoms with E-state index in [1.54, 1.807) is 24.3 Å². The molecule has 0 unspecified atom stereocenters. The van der Waals surface area contributed by atoms with Gasteiger partial charge in [-0.25, -0.2) is 0 Å². The van der Waals surface area contributed by atoms with Gasteiger partial charge in [0.15, 0.2) is 0 Å². The fraction of sp³-hybridized carbons (Fsp3) is 0.125. The summed E-state index contributed by atoms with van der Waals surface area (Å²) >= 11 is 0. The summed E-state index contributed by atoms with van der Waals surface area (Å²) in [4.78, 5) is 4.86. The number of hydrogen-bond acceptors (Lipinski definition) is 3. The van der Waals surface area contributed by atoms with Crippen LogP contribution in [0, 0.1) is 11.3 Å². The Hall–Kier alpha value is -2.81. The molecule has 0 aliphatic heterocycles. The summed E-state index contributed by atoms with van der Waals surface area (Å²) in [5.41, 5.74) is 0.303. The highest BCUT2D eigenvalue weighted by atomic mass is 19.4. The van der Waals surface area contributed by atoms with Crippen LogP contribution in [0.1, 0.15) is 22.3 Å². The Kier molecular flexibility index (Phi) is 4.79. The fourth-order valence-electron chi connectivity index (χ4n) is 1.73. The number of nitrogens with zero attached hydrogens (tertiary/aromatic N) is 2. The van der Waals surface area contributed by atoms with E-state index in [-0.39, 0.29) is 12.2 Å². The van der Waals surface area contributed by atoms with E-state index in [1.807, 2.05) is 6.07 Å². The molecule has 0 saturated heterocycles. The molecule has 3 nitrogen and oxygen atoms in total. The summed E-state index contributed by atoms with van der Waals surface area (Å²) < 4.78 is 38.3. The molecule has 0 aliphatic rings. The molecule has 2 rings (SSSR count). The van der Waals surface area contributed by atoms with Gasteiger partial charge in [0.1, 0.15) is 12.8 Å². The third kappa shape index (κ3) is 4.09. The maximum Gasteiger partial charge on any atom is 0.416 e. The molecule has 1 radical (unpaired) electrons. The van der Waals surface area contributed by atoms with Crippen molar-refractivity contribution in [2.45, 2.75) is 12.8 Å². The van der Waals surface area contributed by atoms with Crippen molar-refractivity contribution in [3.8, 4) is 6.07 Å². The summed E-state index contributed by atoms with van der Waals surface area (Å²) in [5.74, 6) is 0. The molecular weight excluding hydrogens is 293 g/mol. The van der Waals surface area contributed by atoms with Crippen LogP contribution in [-0.2, 0) is 17.6 Å². The maximum absolute atomic E-state index is 12.8. The Labute approximate surface area is 125 Å². The van der Waals surface area contributed by atoms with Crippen LogP contribution in [0.4, 0.5) is 13.2 Å². The smallest absolute Gasteiger partial charge is 0.390 e. The van der Waals surface area contributed by atoms with Gasteiger partial charge in [-0.05, 0) is 18.2 Å². The average molecular weight is 303 g/mol. The Morgan fingerprint density at radius 3 is 2.27 bits per heavy atom. The molecule has 0 atom stereocenters. The maximum atomic E-state index is 12.8. The molecule has 0 bridgehead atoms. The molecular formula is C16H10F3N2O. The molecule has 0 N–H and O–H groups in total. The lowest BCUT2D eigenvalue weighted by atomic mass is 10.1. The summed E-state index contributed by atoms with van der Waals surface area (Å²) in [6.07, 6.45) is -1.89. The van der Waals surface area contributed by atoms with Gasteiger partial charge in [0.25, 0.3) is 0 Å². The second kappa shape index (κ2) is 6.76. The van der Waals surface area contributed by atoms with Gasteiger partial charge >= 0.3 is 6.18 Å². The van der Waals surface area contributed by atoms with Crippen LogP contribution in [0.2, 0.25) is 0 Å². The molecule has 22 heavy (non-hydrogen) atoms. The molecule has 2 aromatic carbocycles. The van der Waals surface area contributed by atoms with E-state index in [0.717, 1.165) is 6.07 Å². The highest BCUT2D eigenvalue weighted by Gasteiger charge is 2.32. The number of alkyl halides is 3. The van der Waals surface area contributed by atoms with Crippen molar-refractivity contribution in [3.63, 3.8) is 0 Å². The molecule has 6 heteroatoms. The fourth-order valence-corrected chi connectivity index (χ4v) is 1.73. The van der Waals surface area contributed by atoms with Crippen LogP contribution < -0.4 is 0 Å². The first-order chi connectivity index (χ1) is 10.5. The SMILES string of the molecule is N#Cc1ccc(/[C]=N\OCc2ccccc2C(F)(F)F)cc1. The van der Waals surface area contributed by atoms with Crippen molar-refractivity contribution >= 4 is 6.21 Å². The van der Waals surface area contributed by atoms with E-state index in [9.17, 15) is 13.2 Å². The monoisotopic (exact) mass is 303 g/mol. The second-order valence-corrected chi connectivity index (χ2v) is 4.32. The van der Waals surface area contributed by atoms with Crippen LogP contribution in [0.5, 0.6) is 0 Å². The average Bonchev–Trinajstić information content (AvgIpc) is 2.51. The van der Waals surface area contributed by atoms with Gasteiger partial charge in [-0.2, -0.15) is 18.4 Å². The summed E-state index contributed by atoms with van der Waals surface area (Å²) in [6.45, 7) is -0.307. The van der Waals surface area contributed by atoms with Gasteiger partial charge in [0.05, 0.1) is 17.2 Å². The van der Waals surface area contributed by atoms with E-state index >= 15 is 0 Å². The minimum atomic E-state index is -4.43. The Morgan fingerprint density at radius 1 is 1.00 bits per heavy atom. The lowest BCUT2D eigenvalue weighted by Gasteiger charge is -2.11. The van der Waals surface area contributed by atoms with Crippen molar-refractivity contribution < 1.29 is 18.0 Å². The van der Waals surface area contributed by atoms with Gasteiger partial charge in [-0.15, -0.1) is 0 Å². The molecule has 0 fully saturated rings. The van der Waals surface area contributed by atoms with Gasteiger partial charge in [-0.1, -0.05) is 35.5 Å². The minimum absolute atomic E-state index is 0.000350. The van der Waals surface area contributed by atoms with Crippen molar-refractivity contribution in [2.24, 2.45) is 5.16 Å². The predicted octanol–water partition coefficient (Wildman–Crippen LogP) is 4.00. The predicted molar refractivity (Wildman–Crippen MR) is 73.9 cm³/mol. The van der Waals surface area contributed by atoms with Crippen molar-refractivity contribution in [1.29, 1.82) is 5.26 Å². The van der Waals surface area contributed by atoms with Gasteiger partial charge in [-0.3, -0.25) is 0 Å². The van der Waals surface area contributed by atoms with Crippen molar-refractivity contribution in [2.75, 3.05) is 0 Å². The lowest BCUT2D eigenvalue weighted by Crippen LogP contribution is -2.09. The van der Waals surface area contributed by atoms with Crippen LogP contribution >= 0.6 is 0 Å². The van der Waals surface area contributed by atoms with E-state index in [2.05, 4.69) is 11.4 Å². The topological polar surface area (TPSA) is 45.4 Å². The number of halogens is 3. The van der Waals surface area contributed by atoms with Gasteiger partial charge in [0, 0.05) is 11.1 Å². The summed E-state index contributed by atoms with van der Waals surface area (Å²) in [7, 11) is 0. The van der Waals surface area contributed by atoms with Crippen LogP contribution in [0.3, 0.4) is 0 Å². The highest BCUT2D eigenvalue weighted by Crippen LogP contribution is 2.32. The summed E-state index contributed by atoms with van der Waals surface area (Å²) in [5, 5.41) is 12.2. The quantitative estimate of drug-likeness (QED) is 0.633. The first kappa shape index (κ1) is 15.6. The zero-order valence-corrected chi connectivity index (χ0v) is 11.3. The number of benzene rings is 2. The molecule has 0 aliphatic carbocycles. The first-order valence-electron chi connectivity index (χ1n) is 6.24. The molecule has 111 valence electrons. The largest absolute Gasteiger partial charge is 0.416 e. The Balaban J connectivity index is 1.99.